The molecule has 17 heavy (non-hydrogen) atoms. The molecule has 0 aliphatic heterocycles. The maximum absolute atomic E-state index is 11.5. The van der Waals surface area contributed by atoms with E-state index in [9.17, 15) is 13.2 Å². The van der Waals surface area contributed by atoms with Crippen LogP contribution in [0.25, 0.3) is 0 Å². The van der Waals surface area contributed by atoms with Gasteiger partial charge in [-0.25, -0.2) is 18.4 Å². The van der Waals surface area contributed by atoms with Gasteiger partial charge in [0.15, 0.2) is 16.2 Å². The molecule has 94 valence electrons. The van der Waals surface area contributed by atoms with E-state index < -0.39 is 21.7 Å². The van der Waals surface area contributed by atoms with Crippen molar-refractivity contribution < 1.29 is 17.9 Å². The van der Waals surface area contributed by atoms with Crippen molar-refractivity contribution in [3.63, 3.8) is 0 Å². The zero-order valence-electron chi connectivity index (χ0n) is 8.48. The van der Waals surface area contributed by atoms with E-state index in [1.807, 2.05) is 0 Å². The average Bonchev–Trinajstić information content (AvgIpc) is 2.21. The highest BCUT2D eigenvalue weighted by Crippen LogP contribution is 2.20. The molecule has 0 unspecified atom stereocenters. The second-order valence-electron chi connectivity index (χ2n) is 2.77. The van der Waals surface area contributed by atoms with E-state index in [2.05, 4.69) is 51.3 Å². The summed E-state index contributed by atoms with van der Waals surface area (Å²) in [6.07, 6.45) is 1.32. The Bertz CT molecular complexity index is 534. The summed E-state index contributed by atoms with van der Waals surface area (Å²) in [5, 5.41) is 0. The minimum atomic E-state index is -3.85. The molecule has 0 fully saturated rings. The number of anilines is 1. The second-order valence-corrected chi connectivity index (χ2v) is 6.06. The largest absolute Gasteiger partial charge is 0.468 e. The number of aromatic nitrogens is 2. The number of hydrogen-bond acceptors (Lipinski definition) is 6. The standard InChI is InChI=1S/C7H7Br2N3O4S/c1-16-5(13)3-17(14,15)12-7-6(9)11-4(8)2-10-7/h2H,3H2,1H3,(H,10,12). The summed E-state index contributed by atoms with van der Waals surface area (Å²) in [6.45, 7) is 0. The highest BCUT2D eigenvalue weighted by atomic mass is 79.9. The third-order valence-corrected chi connectivity index (χ3v) is 3.54. The Kier molecular flexibility index (Phi) is 4.83. The molecule has 0 radical (unpaired) electrons. The van der Waals surface area contributed by atoms with E-state index >= 15 is 0 Å². The topological polar surface area (TPSA) is 98.2 Å². The smallest absolute Gasteiger partial charge is 0.322 e. The van der Waals surface area contributed by atoms with Gasteiger partial charge in [0.25, 0.3) is 0 Å². The molecule has 0 amide bonds. The van der Waals surface area contributed by atoms with Crippen LogP contribution in [0.4, 0.5) is 5.82 Å². The first-order valence-corrected chi connectivity index (χ1v) is 7.33. The Morgan fingerprint density at radius 2 is 2.18 bits per heavy atom. The van der Waals surface area contributed by atoms with E-state index in [4.69, 9.17) is 0 Å². The van der Waals surface area contributed by atoms with Gasteiger partial charge < -0.3 is 4.74 Å². The summed E-state index contributed by atoms with van der Waals surface area (Å²) in [6, 6.07) is 0. The summed E-state index contributed by atoms with van der Waals surface area (Å²) in [4.78, 5) is 18.5. The molecule has 0 saturated carbocycles. The third kappa shape index (κ3) is 4.56. The number of hydrogen-bond donors (Lipinski definition) is 1. The molecular formula is C7H7Br2N3O4S. The van der Waals surface area contributed by atoms with Crippen LogP contribution in [0.5, 0.6) is 0 Å². The van der Waals surface area contributed by atoms with Crippen molar-refractivity contribution in [2.24, 2.45) is 0 Å². The van der Waals surface area contributed by atoms with Crippen molar-refractivity contribution in [2.45, 2.75) is 0 Å². The molecule has 0 aliphatic rings. The molecule has 0 saturated heterocycles. The van der Waals surface area contributed by atoms with Crippen molar-refractivity contribution in [2.75, 3.05) is 17.6 Å². The molecule has 0 spiro atoms. The molecular weight excluding hydrogens is 382 g/mol. The van der Waals surface area contributed by atoms with Gasteiger partial charge in [-0.2, -0.15) is 0 Å². The fraction of sp³-hybridized carbons (Fsp3) is 0.286. The first kappa shape index (κ1) is 14.3. The van der Waals surface area contributed by atoms with E-state index in [0.29, 0.717) is 4.60 Å². The monoisotopic (exact) mass is 387 g/mol. The lowest BCUT2D eigenvalue weighted by Gasteiger charge is -2.07. The maximum atomic E-state index is 11.5. The van der Waals surface area contributed by atoms with Gasteiger partial charge >= 0.3 is 5.97 Å². The zero-order valence-corrected chi connectivity index (χ0v) is 12.5. The minimum absolute atomic E-state index is 0.00268. The number of carbonyl (C=O) groups is 1. The van der Waals surface area contributed by atoms with E-state index in [-0.39, 0.29) is 10.4 Å². The number of methoxy groups -OCH3 is 1. The molecule has 1 aromatic rings. The van der Waals surface area contributed by atoms with Crippen molar-refractivity contribution in [1.82, 2.24) is 9.97 Å². The first-order chi connectivity index (χ1) is 7.84. The van der Waals surface area contributed by atoms with E-state index in [0.717, 1.165) is 7.11 Å². The number of sulfonamides is 1. The van der Waals surface area contributed by atoms with Gasteiger partial charge in [-0.15, -0.1) is 0 Å². The summed E-state index contributed by atoms with van der Waals surface area (Å²) < 4.78 is 30.0. The first-order valence-electron chi connectivity index (χ1n) is 4.09. The molecule has 0 aliphatic carbocycles. The Balaban J connectivity index is 2.87. The van der Waals surface area contributed by atoms with Crippen molar-refractivity contribution in [1.29, 1.82) is 0 Å². The predicted molar refractivity (Wildman–Crippen MR) is 66.9 cm³/mol. The van der Waals surface area contributed by atoms with Gasteiger partial charge in [0.05, 0.1) is 13.3 Å². The van der Waals surface area contributed by atoms with Gasteiger partial charge in [0.1, 0.15) is 4.60 Å². The number of ether oxygens (including phenoxy) is 1. The fourth-order valence-electron chi connectivity index (χ4n) is 0.813. The normalized spacial score (nSPS) is 11.0. The number of rotatable bonds is 4. The molecule has 0 atom stereocenters. The van der Waals surface area contributed by atoms with Gasteiger partial charge in [-0.1, -0.05) is 0 Å². The lowest BCUT2D eigenvalue weighted by molar-refractivity contribution is -0.137. The van der Waals surface area contributed by atoms with Crippen LogP contribution in [-0.2, 0) is 19.6 Å². The Labute approximate surface area is 114 Å². The van der Waals surface area contributed by atoms with Gasteiger partial charge in [-0.05, 0) is 31.9 Å². The Morgan fingerprint density at radius 3 is 2.71 bits per heavy atom. The van der Waals surface area contributed by atoms with Crippen LogP contribution in [0.2, 0.25) is 0 Å². The minimum Gasteiger partial charge on any atom is -0.468 e. The van der Waals surface area contributed by atoms with Gasteiger partial charge in [0, 0.05) is 0 Å². The van der Waals surface area contributed by atoms with Gasteiger partial charge in [0.2, 0.25) is 10.0 Å². The molecule has 0 aromatic carbocycles. The molecule has 10 heteroatoms. The lowest BCUT2D eigenvalue weighted by atomic mass is 10.7. The number of esters is 1. The van der Waals surface area contributed by atoms with Crippen molar-refractivity contribution in [3.05, 3.63) is 15.4 Å². The van der Waals surface area contributed by atoms with Crippen LogP contribution in [0.15, 0.2) is 15.4 Å². The number of carbonyl (C=O) groups excluding carboxylic acids is 1. The summed E-state index contributed by atoms with van der Waals surface area (Å²) in [7, 11) is -2.75. The lowest BCUT2D eigenvalue weighted by Crippen LogP contribution is -2.24. The van der Waals surface area contributed by atoms with Crippen LogP contribution in [0.3, 0.4) is 0 Å². The van der Waals surface area contributed by atoms with Crippen molar-refractivity contribution >= 4 is 53.7 Å². The third-order valence-electron chi connectivity index (χ3n) is 1.49. The van der Waals surface area contributed by atoms with Crippen LogP contribution >= 0.6 is 31.9 Å². The zero-order chi connectivity index (χ0) is 13.1. The summed E-state index contributed by atoms with van der Waals surface area (Å²) in [5.41, 5.74) is 0. The van der Waals surface area contributed by atoms with Crippen molar-refractivity contribution in [3.8, 4) is 0 Å². The van der Waals surface area contributed by atoms with Crippen LogP contribution in [-0.4, -0.2) is 37.2 Å². The number of nitrogens with zero attached hydrogens (tertiary/aromatic N) is 2. The molecule has 1 rings (SSSR count). The summed E-state index contributed by atoms with van der Waals surface area (Å²) >= 11 is 6.11. The number of halogens is 2. The highest BCUT2D eigenvalue weighted by molar-refractivity contribution is 9.11. The quantitative estimate of drug-likeness (QED) is 0.770. The molecule has 0 bridgehead atoms. The molecule has 7 nitrogen and oxygen atoms in total. The van der Waals surface area contributed by atoms with Crippen LogP contribution in [0.1, 0.15) is 0 Å². The molecule has 1 N–H and O–H groups in total. The van der Waals surface area contributed by atoms with E-state index in [1.54, 1.807) is 0 Å². The van der Waals surface area contributed by atoms with Crippen LogP contribution in [0, 0.1) is 0 Å². The fourth-order valence-corrected chi connectivity index (χ4v) is 2.80. The summed E-state index contributed by atoms with van der Waals surface area (Å²) in [5.74, 6) is -1.65. The molecule has 1 heterocycles. The Morgan fingerprint density at radius 1 is 1.53 bits per heavy atom. The SMILES string of the molecule is COC(=O)CS(=O)(=O)Nc1ncc(Br)nc1Br. The maximum Gasteiger partial charge on any atom is 0.322 e. The average molecular weight is 389 g/mol. The number of nitrogens with one attached hydrogen (secondary N) is 1. The van der Waals surface area contributed by atoms with Crippen LogP contribution < -0.4 is 4.72 Å². The van der Waals surface area contributed by atoms with Gasteiger partial charge in [-0.3, -0.25) is 9.52 Å². The Hall–Kier alpha value is -0.740. The predicted octanol–water partition coefficient (Wildman–Crippen LogP) is 0.916. The highest BCUT2D eigenvalue weighted by Gasteiger charge is 2.19. The van der Waals surface area contributed by atoms with E-state index in [1.165, 1.54) is 6.20 Å². The second kappa shape index (κ2) is 5.74. The molecule has 1 aromatic heterocycles.